The highest BCUT2D eigenvalue weighted by molar-refractivity contribution is 6.73. The normalized spacial score (nSPS) is 33.8. The van der Waals surface area contributed by atoms with Crippen molar-refractivity contribution >= 4 is 14.1 Å². The van der Waals surface area contributed by atoms with Crippen molar-refractivity contribution in [1.29, 1.82) is 0 Å². The topological polar surface area (TPSA) is 44.8 Å². The molecule has 0 spiro atoms. The van der Waals surface area contributed by atoms with Gasteiger partial charge in [-0.25, -0.2) is 0 Å². The van der Waals surface area contributed by atoms with Crippen molar-refractivity contribution < 1.29 is 18.7 Å². The van der Waals surface area contributed by atoms with E-state index in [2.05, 4.69) is 41.2 Å². The van der Waals surface area contributed by atoms with E-state index in [9.17, 15) is 4.79 Å². The van der Waals surface area contributed by atoms with Crippen LogP contribution in [0.4, 0.5) is 0 Å². The van der Waals surface area contributed by atoms with Crippen LogP contribution in [-0.4, -0.2) is 33.1 Å². The Morgan fingerprint density at radius 2 is 1.81 bits per heavy atom. The van der Waals surface area contributed by atoms with Crippen LogP contribution in [-0.2, 0) is 18.7 Å². The van der Waals surface area contributed by atoms with Crippen molar-refractivity contribution in [3.8, 4) is 0 Å². The lowest BCUT2D eigenvalue weighted by Gasteiger charge is -2.58. The third kappa shape index (κ3) is 5.20. The lowest BCUT2D eigenvalue weighted by atomic mass is 9.48. The molecule has 0 aliphatic heterocycles. The molecule has 0 N–H and O–H groups in total. The summed E-state index contributed by atoms with van der Waals surface area (Å²) in [5.41, 5.74) is 0.382. The summed E-state index contributed by atoms with van der Waals surface area (Å²) in [5, 5.41) is 0. The van der Waals surface area contributed by atoms with E-state index in [1.807, 2.05) is 19.9 Å². The average molecular weight is 451 g/mol. The highest BCUT2D eigenvalue weighted by atomic mass is 28.4. The second-order valence-corrected chi connectivity index (χ2v) is 14.8. The highest BCUT2D eigenvalue weighted by Crippen LogP contribution is 2.60. The molecule has 0 aromatic rings. The Bertz CT molecular complexity index is 648. The van der Waals surface area contributed by atoms with E-state index in [1.54, 1.807) is 6.26 Å². The maximum atomic E-state index is 13.7. The molecule has 0 amide bonds. The van der Waals surface area contributed by atoms with Gasteiger partial charge in [-0.15, -0.1) is 6.58 Å². The smallest absolute Gasteiger partial charge is 0.196 e. The molecule has 0 aromatic heterocycles. The van der Waals surface area contributed by atoms with Crippen molar-refractivity contribution in [3.05, 3.63) is 24.5 Å². The van der Waals surface area contributed by atoms with E-state index in [1.165, 1.54) is 0 Å². The second-order valence-electron chi connectivity index (χ2n) is 10.0. The lowest BCUT2D eigenvalue weighted by molar-refractivity contribution is -0.150. The van der Waals surface area contributed by atoms with Crippen LogP contribution in [0, 0.1) is 16.7 Å². The number of fused-ring (bicyclic) bond motifs is 1. The van der Waals surface area contributed by atoms with Crippen LogP contribution in [0.25, 0.3) is 0 Å². The number of ketones is 1. The SMILES string of the molecule is C=CC[C@]1(C)[C@@H](O[Si](CC)(CC)CC)CC[C@]2(C)C(=O)/C(=C\OC(C)OCC)CC[C@@H]12. The van der Waals surface area contributed by atoms with Crippen LogP contribution in [0.3, 0.4) is 0 Å². The molecule has 5 atom stereocenters. The third-order valence-corrected chi connectivity index (χ3v) is 13.1. The molecular weight excluding hydrogens is 404 g/mol. The molecule has 4 nitrogen and oxygen atoms in total. The van der Waals surface area contributed by atoms with E-state index >= 15 is 0 Å². The van der Waals surface area contributed by atoms with Crippen LogP contribution >= 0.6 is 0 Å². The average Bonchev–Trinajstić information content (AvgIpc) is 2.75. The quantitative estimate of drug-likeness (QED) is 0.111. The highest BCUT2D eigenvalue weighted by Gasteiger charge is 2.59. The number of ether oxygens (including phenoxy) is 2. The van der Waals surface area contributed by atoms with Gasteiger partial charge in [0, 0.05) is 17.6 Å². The Labute approximate surface area is 191 Å². The summed E-state index contributed by atoms with van der Waals surface area (Å²) in [5.74, 6) is 0.550. The molecule has 31 heavy (non-hydrogen) atoms. The standard InChI is InChI=1S/C26H46O4Si/c1-9-17-25(7)22-15-14-21(19-29-20(6)28-10-2)24(27)26(22,8)18-16-23(25)30-31(11-3,12-4)13-5/h9,19-20,22-23H,1,10-18H2,2-8H3/b21-19-/t20?,22-,23-,25-,26-/m0/s1. The Balaban J connectivity index is 2.31. The first-order valence-corrected chi connectivity index (χ1v) is 15.0. The zero-order valence-electron chi connectivity index (χ0n) is 21.1. The fourth-order valence-corrected chi connectivity index (χ4v) is 9.22. The van der Waals surface area contributed by atoms with Crippen molar-refractivity contribution in [2.75, 3.05) is 6.61 Å². The van der Waals surface area contributed by atoms with Crippen molar-refractivity contribution in [2.45, 2.75) is 111 Å². The molecule has 5 heteroatoms. The van der Waals surface area contributed by atoms with Crippen LogP contribution in [0.5, 0.6) is 0 Å². The largest absolute Gasteiger partial charge is 0.472 e. The van der Waals surface area contributed by atoms with Gasteiger partial charge in [-0.05, 0) is 75.4 Å². The molecule has 0 heterocycles. The van der Waals surface area contributed by atoms with Gasteiger partial charge in [-0.2, -0.15) is 0 Å². The Morgan fingerprint density at radius 1 is 1.16 bits per heavy atom. The number of carbonyl (C=O) groups is 1. The Morgan fingerprint density at radius 3 is 2.35 bits per heavy atom. The number of Topliss-reactive ketones (excluding diaryl/α,β-unsaturated/α-hetero) is 1. The fourth-order valence-electron chi connectivity index (χ4n) is 6.23. The van der Waals surface area contributed by atoms with Crippen molar-refractivity contribution in [1.82, 2.24) is 0 Å². The van der Waals surface area contributed by atoms with Gasteiger partial charge in [0.1, 0.15) is 0 Å². The first-order valence-electron chi connectivity index (χ1n) is 12.5. The number of rotatable bonds is 11. The number of hydrogen-bond acceptors (Lipinski definition) is 4. The molecular formula is C26H46O4Si. The fraction of sp³-hybridized carbons (Fsp3) is 0.808. The predicted molar refractivity (Wildman–Crippen MR) is 130 cm³/mol. The van der Waals surface area contributed by atoms with Gasteiger partial charge in [0.05, 0.1) is 12.4 Å². The van der Waals surface area contributed by atoms with Gasteiger partial charge in [0.2, 0.25) is 0 Å². The van der Waals surface area contributed by atoms with Crippen LogP contribution in [0.15, 0.2) is 24.5 Å². The maximum Gasteiger partial charge on any atom is 0.196 e. The molecule has 178 valence electrons. The summed E-state index contributed by atoms with van der Waals surface area (Å²) in [7, 11) is -1.73. The van der Waals surface area contributed by atoms with Gasteiger partial charge in [0.25, 0.3) is 0 Å². The first kappa shape index (κ1) is 26.3. The molecule has 0 aromatic carbocycles. The molecule has 2 fully saturated rings. The van der Waals surface area contributed by atoms with Crippen molar-refractivity contribution in [2.24, 2.45) is 16.7 Å². The van der Waals surface area contributed by atoms with E-state index < -0.39 is 8.32 Å². The monoisotopic (exact) mass is 450 g/mol. The summed E-state index contributed by atoms with van der Waals surface area (Å²) < 4.78 is 18.2. The van der Waals surface area contributed by atoms with Crippen LogP contribution < -0.4 is 0 Å². The van der Waals surface area contributed by atoms with Gasteiger partial charge in [-0.1, -0.05) is 40.7 Å². The van der Waals surface area contributed by atoms with Crippen LogP contribution in [0.2, 0.25) is 18.1 Å². The predicted octanol–water partition coefficient (Wildman–Crippen LogP) is 7.02. The van der Waals surface area contributed by atoms with Gasteiger partial charge in [-0.3, -0.25) is 4.79 Å². The molecule has 1 unspecified atom stereocenters. The zero-order chi connectivity index (χ0) is 23.3. The summed E-state index contributed by atoms with van der Waals surface area (Å²) in [6.45, 7) is 19.9. The zero-order valence-corrected chi connectivity index (χ0v) is 22.1. The molecule has 0 saturated heterocycles. The maximum absolute atomic E-state index is 13.7. The molecule has 2 aliphatic carbocycles. The summed E-state index contributed by atoms with van der Waals surface area (Å²) in [6, 6.07) is 3.47. The van der Waals surface area contributed by atoms with E-state index in [0.29, 0.717) is 12.5 Å². The molecule has 2 aliphatic rings. The third-order valence-electron chi connectivity index (χ3n) is 8.45. The number of allylic oxidation sites excluding steroid dienone is 2. The molecule has 2 saturated carbocycles. The minimum absolute atomic E-state index is 0.0623. The van der Waals surface area contributed by atoms with Gasteiger partial charge >= 0.3 is 0 Å². The van der Waals surface area contributed by atoms with E-state index in [4.69, 9.17) is 13.9 Å². The van der Waals surface area contributed by atoms with E-state index in [-0.39, 0.29) is 29.0 Å². The number of hydrogen-bond donors (Lipinski definition) is 0. The van der Waals surface area contributed by atoms with E-state index in [0.717, 1.165) is 55.8 Å². The van der Waals surface area contributed by atoms with Gasteiger partial charge < -0.3 is 13.9 Å². The molecule has 2 rings (SSSR count). The molecule has 0 bridgehead atoms. The number of carbonyl (C=O) groups excluding carboxylic acids is 1. The summed E-state index contributed by atoms with van der Waals surface area (Å²) in [4.78, 5) is 13.7. The second kappa shape index (κ2) is 10.8. The summed E-state index contributed by atoms with van der Waals surface area (Å²) >= 11 is 0. The van der Waals surface area contributed by atoms with Gasteiger partial charge in [0.15, 0.2) is 20.4 Å². The van der Waals surface area contributed by atoms with Crippen molar-refractivity contribution in [3.63, 3.8) is 0 Å². The Hall–Kier alpha value is -0.913. The Kier molecular flexibility index (Phi) is 9.18. The summed E-state index contributed by atoms with van der Waals surface area (Å²) in [6.07, 6.45) is 8.06. The van der Waals surface area contributed by atoms with Crippen LogP contribution in [0.1, 0.15) is 80.6 Å². The lowest BCUT2D eigenvalue weighted by Crippen LogP contribution is -2.59. The minimum atomic E-state index is -1.73. The first-order chi connectivity index (χ1) is 14.7. The molecule has 0 radical (unpaired) electrons. The minimum Gasteiger partial charge on any atom is -0.472 e.